The van der Waals surface area contributed by atoms with Crippen LogP contribution in [0.4, 0.5) is 0 Å². The summed E-state index contributed by atoms with van der Waals surface area (Å²) < 4.78 is 0. The topological polar surface area (TPSA) is 77.8 Å². The van der Waals surface area contributed by atoms with Crippen LogP contribution in [0.3, 0.4) is 0 Å². The molecule has 0 radical (unpaired) electrons. The van der Waals surface area contributed by atoms with Crippen LogP contribution in [0.1, 0.15) is 26.7 Å². The van der Waals surface area contributed by atoms with Crippen molar-refractivity contribution in [1.82, 2.24) is 0 Å². The van der Waals surface area contributed by atoms with E-state index >= 15 is 0 Å². The Morgan fingerprint density at radius 1 is 1.45 bits per heavy atom. The summed E-state index contributed by atoms with van der Waals surface area (Å²) in [6.45, 7) is 3.36. The fourth-order valence-corrected chi connectivity index (χ4v) is 0.976. The maximum atomic E-state index is 10.2. The minimum Gasteiger partial charge on any atom is -0.481 e. The summed E-state index contributed by atoms with van der Waals surface area (Å²) in [4.78, 5) is 10.2. The van der Waals surface area contributed by atoms with E-state index in [2.05, 4.69) is 0 Å². The Labute approximate surface area is 65.5 Å². The molecule has 0 rings (SSSR count). The van der Waals surface area contributed by atoms with E-state index in [1.165, 1.54) is 0 Å². The monoisotopic (exact) mass is 162 g/mol. The van der Waals surface area contributed by atoms with E-state index in [9.17, 15) is 4.79 Å². The summed E-state index contributed by atoms with van der Waals surface area (Å²) in [7, 11) is 0. The van der Waals surface area contributed by atoms with Crippen molar-refractivity contribution < 1.29 is 20.1 Å². The maximum absolute atomic E-state index is 10.2. The van der Waals surface area contributed by atoms with Gasteiger partial charge in [-0.15, -0.1) is 0 Å². The lowest BCUT2D eigenvalue weighted by molar-refractivity contribution is -0.140. The van der Waals surface area contributed by atoms with Crippen LogP contribution in [0.2, 0.25) is 0 Å². The van der Waals surface area contributed by atoms with Crippen LogP contribution in [0, 0.1) is 5.41 Å². The Morgan fingerprint density at radius 2 is 1.91 bits per heavy atom. The lowest BCUT2D eigenvalue weighted by atomic mass is 9.85. The third-order valence-electron chi connectivity index (χ3n) is 1.36. The molecular weight excluding hydrogens is 148 g/mol. The van der Waals surface area contributed by atoms with Crippen molar-refractivity contribution in [2.24, 2.45) is 5.41 Å². The molecule has 4 nitrogen and oxygen atoms in total. The molecule has 0 unspecified atom stereocenters. The summed E-state index contributed by atoms with van der Waals surface area (Å²) >= 11 is 0. The van der Waals surface area contributed by atoms with Crippen molar-refractivity contribution in [1.29, 1.82) is 0 Å². The third-order valence-corrected chi connectivity index (χ3v) is 1.36. The molecule has 0 saturated heterocycles. The quantitative estimate of drug-likeness (QED) is 0.515. The van der Waals surface area contributed by atoms with Crippen LogP contribution < -0.4 is 0 Å². The molecule has 0 fully saturated rings. The minimum absolute atomic E-state index is 0.0510. The average Bonchev–Trinajstić information content (AvgIpc) is 1.53. The molecule has 0 bridgehead atoms. The van der Waals surface area contributed by atoms with E-state index in [4.69, 9.17) is 15.3 Å². The highest BCUT2D eigenvalue weighted by Crippen LogP contribution is 2.25. The van der Waals surface area contributed by atoms with E-state index in [-0.39, 0.29) is 12.8 Å². The molecule has 3 N–H and O–H groups in total. The fourth-order valence-electron chi connectivity index (χ4n) is 0.976. The van der Waals surface area contributed by atoms with Gasteiger partial charge in [0.2, 0.25) is 0 Å². The molecule has 0 saturated carbocycles. The zero-order chi connectivity index (χ0) is 9.07. The van der Waals surface area contributed by atoms with Gasteiger partial charge in [-0.1, -0.05) is 13.8 Å². The zero-order valence-corrected chi connectivity index (χ0v) is 6.74. The highest BCUT2D eigenvalue weighted by molar-refractivity contribution is 5.67. The molecule has 0 amide bonds. The van der Waals surface area contributed by atoms with Gasteiger partial charge in [0.25, 0.3) is 0 Å². The van der Waals surface area contributed by atoms with Crippen molar-refractivity contribution in [3.63, 3.8) is 0 Å². The van der Waals surface area contributed by atoms with E-state index in [0.29, 0.717) is 0 Å². The molecule has 0 heterocycles. The Hall–Kier alpha value is -0.610. The Balaban J connectivity index is 3.89. The van der Waals surface area contributed by atoms with Crippen LogP contribution >= 0.6 is 0 Å². The number of carboxylic acids is 1. The Kier molecular flexibility index (Phi) is 3.48. The van der Waals surface area contributed by atoms with Crippen LogP contribution in [-0.4, -0.2) is 27.6 Å². The molecule has 66 valence electrons. The van der Waals surface area contributed by atoms with Crippen molar-refractivity contribution in [2.75, 3.05) is 0 Å². The number of aliphatic carboxylic acids is 1. The first-order valence-corrected chi connectivity index (χ1v) is 3.41. The van der Waals surface area contributed by atoms with Crippen LogP contribution in [-0.2, 0) is 4.79 Å². The average molecular weight is 162 g/mol. The van der Waals surface area contributed by atoms with E-state index in [1.54, 1.807) is 13.8 Å². The van der Waals surface area contributed by atoms with Crippen molar-refractivity contribution in [3.05, 3.63) is 0 Å². The first-order valence-electron chi connectivity index (χ1n) is 3.41. The van der Waals surface area contributed by atoms with E-state index in [0.717, 1.165) is 0 Å². The molecule has 0 aliphatic heterocycles. The third kappa shape index (κ3) is 5.82. The number of rotatable bonds is 4. The lowest BCUT2D eigenvalue weighted by Crippen LogP contribution is -2.23. The molecule has 0 aromatic carbocycles. The Morgan fingerprint density at radius 3 is 2.18 bits per heavy atom. The summed E-state index contributed by atoms with van der Waals surface area (Å²) in [5.74, 6) is -0.921. The van der Waals surface area contributed by atoms with Crippen LogP contribution in [0.5, 0.6) is 0 Å². The normalized spacial score (nSPS) is 12.1. The number of carbonyl (C=O) groups is 1. The van der Waals surface area contributed by atoms with Crippen molar-refractivity contribution in [3.8, 4) is 0 Å². The summed E-state index contributed by atoms with van der Waals surface area (Å²) in [6, 6.07) is 0. The number of aliphatic hydroxyl groups is 2. The van der Waals surface area contributed by atoms with Gasteiger partial charge in [0.05, 0.1) is 6.42 Å². The Bertz CT molecular complexity index is 139. The van der Waals surface area contributed by atoms with Crippen LogP contribution in [0.25, 0.3) is 0 Å². The number of hydrogen-bond donors (Lipinski definition) is 3. The van der Waals surface area contributed by atoms with Gasteiger partial charge in [-0.25, -0.2) is 0 Å². The van der Waals surface area contributed by atoms with E-state index in [1.807, 2.05) is 0 Å². The molecule has 0 aromatic rings. The molecular formula is C7H14O4. The van der Waals surface area contributed by atoms with Gasteiger partial charge in [-0.3, -0.25) is 4.79 Å². The van der Waals surface area contributed by atoms with Gasteiger partial charge >= 0.3 is 5.97 Å². The summed E-state index contributed by atoms with van der Waals surface area (Å²) in [5.41, 5.74) is -0.556. The second-order valence-electron chi connectivity index (χ2n) is 3.42. The molecule has 4 heteroatoms. The maximum Gasteiger partial charge on any atom is 0.303 e. The number of carboxylic acid groups (broad SMARTS) is 1. The van der Waals surface area contributed by atoms with Gasteiger partial charge in [0, 0.05) is 6.42 Å². The summed E-state index contributed by atoms with van der Waals surface area (Å²) in [5, 5.41) is 25.5. The fraction of sp³-hybridized carbons (Fsp3) is 0.857. The summed E-state index contributed by atoms with van der Waals surface area (Å²) in [6.07, 6.45) is -1.39. The second-order valence-corrected chi connectivity index (χ2v) is 3.42. The smallest absolute Gasteiger partial charge is 0.303 e. The number of aliphatic hydroxyl groups excluding tert-OH is 1. The first-order chi connectivity index (χ1) is 4.83. The van der Waals surface area contributed by atoms with Crippen molar-refractivity contribution in [2.45, 2.75) is 33.0 Å². The van der Waals surface area contributed by atoms with Gasteiger partial charge in [-0.2, -0.15) is 0 Å². The molecule has 0 atom stereocenters. The number of hydrogen-bond acceptors (Lipinski definition) is 3. The highest BCUT2D eigenvalue weighted by Gasteiger charge is 2.24. The van der Waals surface area contributed by atoms with Crippen LogP contribution in [0.15, 0.2) is 0 Å². The molecule has 11 heavy (non-hydrogen) atoms. The molecule has 0 aromatic heterocycles. The van der Waals surface area contributed by atoms with Gasteiger partial charge < -0.3 is 15.3 Å². The van der Waals surface area contributed by atoms with Gasteiger partial charge in [0.1, 0.15) is 0 Å². The molecule has 0 aliphatic carbocycles. The van der Waals surface area contributed by atoms with Gasteiger partial charge in [0.15, 0.2) is 6.29 Å². The predicted molar refractivity (Wildman–Crippen MR) is 38.9 cm³/mol. The predicted octanol–water partition coefficient (Wildman–Crippen LogP) is 0.188. The molecule has 0 spiro atoms. The largest absolute Gasteiger partial charge is 0.481 e. The standard InChI is InChI=1S/C7H14O4/c1-7(2,3-5(8)9)4-6(10)11/h5,8-9H,3-4H2,1-2H3,(H,10,11). The van der Waals surface area contributed by atoms with E-state index < -0.39 is 17.7 Å². The zero-order valence-electron chi connectivity index (χ0n) is 6.74. The molecule has 0 aliphatic rings. The highest BCUT2D eigenvalue weighted by atomic mass is 16.5. The minimum atomic E-state index is -1.43. The van der Waals surface area contributed by atoms with Crippen molar-refractivity contribution >= 4 is 5.97 Å². The lowest BCUT2D eigenvalue weighted by Gasteiger charge is -2.22. The van der Waals surface area contributed by atoms with Gasteiger partial charge in [-0.05, 0) is 5.41 Å². The first kappa shape index (κ1) is 10.4. The second kappa shape index (κ2) is 3.69. The SMILES string of the molecule is CC(C)(CC(=O)O)CC(O)O.